The van der Waals surface area contributed by atoms with E-state index < -0.39 is 0 Å². The van der Waals surface area contributed by atoms with E-state index in [1.165, 1.54) is 0 Å². The highest BCUT2D eigenvalue weighted by Gasteiger charge is 2.18. The van der Waals surface area contributed by atoms with Gasteiger partial charge in [-0.25, -0.2) is 0 Å². The molecule has 0 aromatic heterocycles. The van der Waals surface area contributed by atoms with Gasteiger partial charge in [0.05, 0.1) is 6.10 Å². The molecule has 2 N–H and O–H groups in total. The lowest BCUT2D eigenvalue weighted by Gasteiger charge is -2.26. The average molecular weight is 169 g/mol. The summed E-state index contributed by atoms with van der Waals surface area (Å²) in [6, 6.07) is 0.532. The average Bonchev–Trinajstić information content (AvgIpc) is 2.05. The molecule has 0 aliphatic carbocycles. The summed E-state index contributed by atoms with van der Waals surface area (Å²) in [5.41, 5.74) is 0. The van der Waals surface area contributed by atoms with E-state index in [4.69, 9.17) is 0 Å². The molecule has 1 fully saturated rings. The molecule has 1 saturated heterocycles. The van der Waals surface area contributed by atoms with Gasteiger partial charge in [0.2, 0.25) is 0 Å². The van der Waals surface area contributed by atoms with Crippen molar-refractivity contribution in [1.29, 1.82) is 0 Å². The summed E-state index contributed by atoms with van der Waals surface area (Å²) in [5, 5.41) is 12.8. The van der Waals surface area contributed by atoms with Crippen molar-refractivity contribution >= 4 is 0 Å². The van der Waals surface area contributed by atoms with Crippen LogP contribution in [-0.2, 0) is 0 Å². The van der Waals surface area contributed by atoms with Gasteiger partial charge < -0.3 is 10.4 Å². The van der Waals surface area contributed by atoms with Crippen LogP contribution in [0.2, 0.25) is 0 Å². The Morgan fingerprint density at radius 3 is 3.08 bits per heavy atom. The fourth-order valence-corrected chi connectivity index (χ4v) is 1.67. The van der Waals surface area contributed by atoms with Gasteiger partial charge in [-0.3, -0.25) is 0 Å². The monoisotopic (exact) mass is 169 g/mol. The topological polar surface area (TPSA) is 32.3 Å². The molecule has 1 rings (SSSR count). The summed E-state index contributed by atoms with van der Waals surface area (Å²) in [4.78, 5) is 0. The first-order valence-corrected chi connectivity index (χ1v) is 4.85. The minimum atomic E-state index is -0.0677. The molecule has 1 aliphatic rings. The minimum absolute atomic E-state index is 0.0677. The van der Waals surface area contributed by atoms with Crippen molar-refractivity contribution in [2.75, 3.05) is 6.54 Å². The molecule has 0 amide bonds. The molecular formula is C10H19NO. The van der Waals surface area contributed by atoms with Crippen molar-refractivity contribution in [3.63, 3.8) is 0 Å². The molecule has 2 unspecified atom stereocenters. The molecule has 12 heavy (non-hydrogen) atoms. The maximum absolute atomic E-state index is 9.38. The predicted molar refractivity (Wildman–Crippen MR) is 51.1 cm³/mol. The lowest BCUT2D eigenvalue weighted by molar-refractivity contribution is 0.114. The van der Waals surface area contributed by atoms with Crippen LogP contribution in [0.3, 0.4) is 0 Å². The fraction of sp³-hybridized carbons (Fsp3) is 0.800. The molecule has 1 aliphatic heterocycles. The van der Waals surface area contributed by atoms with Crippen molar-refractivity contribution in [1.82, 2.24) is 5.32 Å². The van der Waals surface area contributed by atoms with Crippen LogP contribution in [0.15, 0.2) is 12.2 Å². The van der Waals surface area contributed by atoms with Gasteiger partial charge in [-0.05, 0) is 39.2 Å². The quantitative estimate of drug-likeness (QED) is 0.627. The van der Waals surface area contributed by atoms with Crippen LogP contribution in [0.25, 0.3) is 0 Å². The number of rotatable bonds is 3. The van der Waals surface area contributed by atoms with Gasteiger partial charge in [0.25, 0.3) is 0 Å². The summed E-state index contributed by atoms with van der Waals surface area (Å²) >= 11 is 0. The van der Waals surface area contributed by atoms with Gasteiger partial charge in [-0.15, -0.1) is 0 Å². The lowest BCUT2D eigenvalue weighted by Crippen LogP contribution is -2.40. The highest BCUT2D eigenvalue weighted by molar-refractivity contribution is 4.83. The van der Waals surface area contributed by atoms with Crippen molar-refractivity contribution in [2.24, 2.45) is 0 Å². The number of allylic oxidation sites excluding steroid dienone is 2. The maximum atomic E-state index is 9.38. The number of aliphatic hydroxyl groups is 1. The molecule has 2 nitrogen and oxygen atoms in total. The van der Waals surface area contributed by atoms with E-state index >= 15 is 0 Å². The third kappa shape index (κ3) is 3.37. The zero-order valence-corrected chi connectivity index (χ0v) is 7.79. The molecule has 0 spiro atoms. The standard InChI is InChI=1S/C10H19NO/c1-2-3-4-5-9-8-10(12)6-7-11-9/h2-3,9-12H,4-8H2,1H3/b3-2+. The Hall–Kier alpha value is -0.340. The zero-order valence-electron chi connectivity index (χ0n) is 7.79. The third-order valence-corrected chi connectivity index (χ3v) is 2.38. The van der Waals surface area contributed by atoms with Crippen LogP contribution in [-0.4, -0.2) is 23.8 Å². The van der Waals surface area contributed by atoms with Crippen molar-refractivity contribution in [2.45, 2.75) is 44.8 Å². The Balaban J connectivity index is 2.14. The number of aliphatic hydroxyl groups excluding tert-OH is 1. The second-order valence-corrected chi connectivity index (χ2v) is 3.48. The molecule has 0 aromatic carbocycles. The molecule has 2 heteroatoms. The number of hydrogen-bond acceptors (Lipinski definition) is 2. The largest absolute Gasteiger partial charge is 0.393 e. The lowest BCUT2D eigenvalue weighted by atomic mass is 9.98. The van der Waals surface area contributed by atoms with E-state index in [1.807, 2.05) is 6.92 Å². The van der Waals surface area contributed by atoms with Crippen molar-refractivity contribution in [3.05, 3.63) is 12.2 Å². The van der Waals surface area contributed by atoms with E-state index in [1.54, 1.807) is 0 Å². The molecule has 2 atom stereocenters. The van der Waals surface area contributed by atoms with E-state index in [2.05, 4.69) is 17.5 Å². The van der Waals surface area contributed by atoms with Gasteiger partial charge in [-0.1, -0.05) is 12.2 Å². The Kier molecular flexibility index (Phi) is 4.33. The molecule has 0 bridgehead atoms. The van der Waals surface area contributed by atoms with Gasteiger partial charge >= 0.3 is 0 Å². The second-order valence-electron chi connectivity index (χ2n) is 3.48. The smallest absolute Gasteiger partial charge is 0.0567 e. The summed E-state index contributed by atoms with van der Waals surface area (Å²) in [6.07, 6.45) is 8.32. The summed E-state index contributed by atoms with van der Waals surface area (Å²) in [5.74, 6) is 0. The Morgan fingerprint density at radius 2 is 2.42 bits per heavy atom. The van der Waals surface area contributed by atoms with Crippen LogP contribution in [0.5, 0.6) is 0 Å². The van der Waals surface area contributed by atoms with E-state index in [-0.39, 0.29) is 6.10 Å². The maximum Gasteiger partial charge on any atom is 0.0567 e. The van der Waals surface area contributed by atoms with Crippen LogP contribution < -0.4 is 5.32 Å². The third-order valence-electron chi connectivity index (χ3n) is 2.38. The van der Waals surface area contributed by atoms with Crippen molar-refractivity contribution in [3.8, 4) is 0 Å². The van der Waals surface area contributed by atoms with Crippen LogP contribution in [0.1, 0.15) is 32.6 Å². The van der Waals surface area contributed by atoms with Gasteiger partial charge in [0.15, 0.2) is 0 Å². The highest BCUT2D eigenvalue weighted by Crippen LogP contribution is 2.12. The summed E-state index contributed by atoms with van der Waals surface area (Å²) in [7, 11) is 0. The fourth-order valence-electron chi connectivity index (χ4n) is 1.67. The van der Waals surface area contributed by atoms with Crippen LogP contribution in [0, 0.1) is 0 Å². The molecule has 0 saturated carbocycles. The normalized spacial score (nSPS) is 31.2. The zero-order chi connectivity index (χ0) is 8.81. The van der Waals surface area contributed by atoms with Gasteiger partial charge in [0.1, 0.15) is 0 Å². The van der Waals surface area contributed by atoms with Crippen LogP contribution in [0.4, 0.5) is 0 Å². The molecule has 70 valence electrons. The van der Waals surface area contributed by atoms with E-state index in [0.29, 0.717) is 6.04 Å². The van der Waals surface area contributed by atoms with Gasteiger partial charge in [-0.2, -0.15) is 0 Å². The number of hydrogen-bond donors (Lipinski definition) is 2. The summed E-state index contributed by atoms with van der Waals surface area (Å²) < 4.78 is 0. The Morgan fingerprint density at radius 1 is 1.58 bits per heavy atom. The first-order valence-electron chi connectivity index (χ1n) is 4.85. The molecule has 0 radical (unpaired) electrons. The van der Waals surface area contributed by atoms with Crippen LogP contribution >= 0.6 is 0 Å². The predicted octanol–water partition coefficient (Wildman–Crippen LogP) is 1.46. The SMILES string of the molecule is C/C=C/CCC1CC(O)CCN1. The van der Waals surface area contributed by atoms with E-state index in [9.17, 15) is 5.11 Å². The Bertz CT molecular complexity index is 145. The number of nitrogens with one attached hydrogen (secondary N) is 1. The highest BCUT2D eigenvalue weighted by atomic mass is 16.3. The first kappa shape index (κ1) is 9.75. The molecular weight excluding hydrogens is 150 g/mol. The second kappa shape index (κ2) is 5.33. The number of piperidine rings is 1. The van der Waals surface area contributed by atoms with Crippen molar-refractivity contribution < 1.29 is 5.11 Å². The van der Waals surface area contributed by atoms with Gasteiger partial charge in [0, 0.05) is 6.04 Å². The molecule has 1 heterocycles. The molecule has 0 aromatic rings. The first-order chi connectivity index (χ1) is 5.83. The van der Waals surface area contributed by atoms with E-state index in [0.717, 1.165) is 32.2 Å². The summed E-state index contributed by atoms with van der Waals surface area (Å²) in [6.45, 7) is 3.02. The minimum Gasteiger partial charge on any atom is -0.393 e. The Labute approximate surface area is 74.7 Å².